The first-order chi connectivity index (χ1) is 8.34. The van der Waals surface area contributed by atoms with E-state index in [0.29, 0.717) is 5.41 Å². The van der Waals surface area contributed by atoms with Gasteiger partial charge in [0.15, 0.2) is 0 Å². The molecule has 0 spiro atoms. The number of hydrogen-bond donors (Lipinski definition) is 1. The van der Waals surface area contributed by atoms with E-state index >= 15 is 0 Å². The van der Waals surface area contributed by atoms with Gasteiger partial charge in [-0.05, 0) is 40.4 Å². The molecular weight excluding hydrogens is 220 g/mol. The van der Waals surface area contributed by atoms with Crippen LogP contribution in [0.5, 0.6) is 0 Å². The van der Waals surface area contributed by atoms with Gasteiger partial charge in [0.1, 0.15) is 0 Å². The van der Waals surface area contributed by atoms with Crippen LogP contribution in [0.3, 0.4) is 0 Å². The fourth-order valence-electron chi connectivity index (χ4n) is 3.54. The minimum Gasteiger partial charge on any atom is -0.396 e. The Hall–Kier alpha value is -0.820. The molecule has 100 valence electrons. The number of rotatable bonds is 3. The van der Waals surface area contributed by atoms with Gasteiger partial charge in [-0.3, -0.25) is 0 Å². The molecule has 18 heavy (non-hydrogen) atoms. The van der Waals surface area contributed by atoms with Crippen LogP contribution < -0.4 is 0 Å². The highest BCUT2D eigenvalue weighted by Crippen LogP contribution is 2.51. The molecule has 1 aromatic rings. The van der Waals surface area contributed by atoms with E-state index in [9.17, 15) is 5.11 Å². The number of aliphatic hydroxyl groups excluding tert-OH is 1. The summed E-state index contributed by atoms with van der Waals surface area (Å²) in [5.41, 5.74) is 4.85. The van der Waals surface area contributed by atoms with Crippen LogP contribution in [0, 0.1) is 0 Å². The summed E-state index contributed by atoms with van der Waals surface area (Å²) in [7, 11) is 0. The lowest BCUT2D eigenvalue weighted by Gasteiger charge is -2.25. The lowest BCUT2D eigenvalue weighted by Crippen LogP contribution is -2.20. The molecule has 0 saturated heterocycles. The van der Waals surface area contributed by atoms with E-state index in [-0.39, 0.29) is 17.9 Å². The second-order valence-corrected chi connectivity index (χ2v) is 6.86. The predicted molar refractivity (Wildman–Crippen MR) is 77.2 cm³/mol. The summed E-state index contributed by atoms with van der Waals surface area (Å²) in [5.74, 6) is 0.236. The SMILES string of the molecule is CCC1(C)CC(C)(C)c2cc(C(C)CO)ccc21. The van der Waals surface area contributed by atoms with E-state index in [4.69, 9.17) is 0 Å². The topological polar surface area (TPSA) is 20.2 Å². The molecule has 0 aromatic heterocycles. The quantitative estimate of drug-likeness (QED) is 0.850. The molecule has 1 N–H and O–H groups in total. The van der Waals surface area contributed by atoms with Crippen molar-refractivity contribution in [1.82, 2.24) is 0 Å². The molecule has 0 fully saturated rings. The molecule has 1 aromatic carbocycles. The predicted octanol–water partition coefficient (Wildman–Crippen LogP) is 4.13. The minimum absolute atomic E-state index is 0.226. The Kier molecular flexibility index (Phi) is 3.31. The summed E-state index contributed by atoms with van der Waals surface area (Å²) in [5, 5.41) is 9.32. The highest BCUT2D eigenvalue weighted by Gasteiger charge is 2.43. The van der Waals surface area contributed by atoms with Gasteiger partial charge in [0.05, 0.1) is 0 Å². The van der Waals surface area contributed by atoms with Crippen LogP contribution in [-0.4, -0.2) is 11.7 Å². The average molecular weight is 246 g/mol. The Morgan fingerprint density at radius 1 is 1.22 bits per heavy atom. The van der Waals surface area contributed by atoms with Gasteiger partial charge in [-0.1, -0.05) is 52.8 Å². The van der Waals surface area contributed by atoms with E-state index in [1.165, 1.54) is 29.5 Å². The summed E-state index contributed by atoms with van der Waals surface area (Å²) in [6.07, 6.45) is 2.42. The zero-order chi connectivity index (χ0) is 13.6. The molecule has 1 heteroatoms. The summed E-state index contributed by atoms with van der Waals surface area (Å²) in [6, 6.07) is 6.83. The monoisotopic (exact) mass is 246 g/mol. The first kappa shape index (κ1) is 13.6. The number of fused-ring (bicyclic) bond motifs is 1. The van der Waals surface area contributed by atoms with Crippen LogP contribution in [-0.2, 0) is 10.8 Å². The van der Waals surface area contributed by atoms with E-state index in [2.05, 4.69) is 52.8 Å². The third-order valence-corrected chi connectivity index (χ3v) is 4.88. The molecule has 1 nitrogen and oxygen atoms in total. The van der Waals surface area contributed by atoms with Crippen molar-refractivity contribution >= 4 is 0 Å². The maximum absolute atomic E-state index is 9.32. The molecule has 0 amide bonds. The normalized spacial score (nSPS) is 27.0. The van der Waals surface area contributed by atoms with Crippen LogP contribution in [0.25, 0.3) is 0 Å². The van der Waals surface area contributed by atoms with Crippen molar-refractivity contribution in [2.45, 2.75) is 64.2 Å². The maximum Gasteiger partial charge on any atom is 0.0497 e. The molecule has 2 atom stereocenters. The Balaban J connectivity index is 2.53. The second kappa shape index (κ2) is 4.38. The van der Waals surface area contributed by atoms with Crippen molar-refractivity contribution in [3.8, 4) is 0 Å². The zero-order valence-electron chi connectivity index (χ0n) is 12.4. The number of hydrogen-bond acceptors (Lipinski definition) is 1. The first-order valence-corrected chi connectivity index (χ1v) is 7.10. The first-order valence-electron chi connectivity index (χ1n) is 7.10. The molecule has 0 radical (unpaired) electrons. The lowest BCUT2D eigenvalue weighted by molar-refractivity contribution is 0.273. The molecule has 1 aliphatic rings. The van der Waals surface area contributed by atoms with Crippen LogP contribution in [0.4, 0.5) is 0 Å². The molecule has 0 saturated carbocycles. The highest BCUT2D eigenvalue weighted by atomic mass is 16.3. The summed E-state index contributed by atoms with van der Waals surface area (Å²) in [6.45, 7) is 11.7. The largest absolute Gasteiger partial charge is 0.396 e. The van der Waals surface area contributed by atoms with Crippen molar-refractivity contribution in [3.63, 3.8) is 0 Å². The summed E-state index contributed by atoms with van der Waals surface area (Å²) < 4.78 is 0. The van der Waals surface area contributed by atoms with Crippen molar-refractivity contribution in [2.24, 2.45) is 0 Å². The van der Waals surface area contributed by atoms with E-state index in [1.807, 2.05) is 0 Å². The molecular formula is C17H26O. The highest BCUT2D eigenvalue weighted by molar-refractivity contribution is 5.47. The molecule has 0 bridgehead atoms. The van der Waals surface area contributed by atoms with E-state index in [1.54, 1.807) is 0 Å². The lowest BCUT2D eigenvalue weighted by atomic mass is 9.78. The van der Waals surface area contributed by atoms with Crippen molar-refractivity contribution in [3.05, 3.63) is 34.9 Å². The van der Waals surface area contributed by atoms with E-state index in [0.717, 1.165) is 0 Å². The third kappa shape index (κ3) is 1.99. The smallest absolute Gasteiger partial charge is 0.0497 e. The molecule has 0 aliphatic heterocycles. The van der Waals surface area contributed by atoms with Crippen molar-refractivity contribution < 1.29 is 5.11 Å². The van der Waals surface area contributed by atoms with Gasteiger partial charge in [0.2, 0.25) is 0 Å². The Bertz CT molecular complexity index is 447. The number of aliphatic hydroxyl groups is 1. The van der Waals surface area contributed by atoms with Gasteiger partial charge >= 0.3 is 0 Å². The fourth-order valence-corrected chi connectivity index (χ4v) is 3.54. The Morgan fingerprint density at radius 2 is 1.89 bits per heavy atom. The standard InChI is InChI=1S/C17H26O/c1-6-17(5)11-16(3,4)15-9-13(12(2)10-18)7-8-14(15)17/h7-9,12,18H,6,10-11H2,1-5H3. The average Bonchev–Trinajstić information content (AvgIpc) is 2.56. The van der Waals surface area contributed by atoms with Gasteiger partial charge in [0, 0.05) is 12.5 Å². The Morgan fingerprint density at radius 3 is 2.44 bits per heavy atom. The minimum atomic E-state index is 0.226. The molecule has 2 unspecified atom stereocenters. The third-order valence-electron chi connectivity index (χ3n) is 4.88. The van der Waals surface area contributed by atoms with Crippen molar-refractivity contribution in [1.29, 1.82) is 0 Å². The maximum atomic E-state index is 9.32. The van der Waals surface area contributed by atoms with Crippen molar-refractivity contribution in [2.75, 3.05) is 6.61 Å². The van der Waals surface area contributed by atoms with Gasteiger partial charge in [0.25, 0.3) is 0 Å². The fraction of sp³-hybridized carbons (Fsp3) is 0.647. The van der Waals surface area contributed by atoms with Gasteiger partial charge < -0.3 is 5.11 Å². The molecule has 2 rings (SSSR count). The van der Waals surface area contributed by atoms with Gasteiger partial charge in [-0.25, -0.2) is 0 Å². The van der Waals surface area contributed by atoms with Crippen LogP contribution in [0.15, 0.2) is 18.2 Å². The Labute approximate surface area is 111 Å². The summed E-state index contributed by atoms with van der Waals surface area (Å²) in [4.78, 5) is 0. The van der Waals surface area contributed by atoms with E-state index < -0.39 is 0 Å². The zero-order valence-corrected chi connectivity index (χ0v) is 12.4. The molecule has 0 heterocycles. The van der Waals surface area contributed by atoms with Crippen LogP contribution >= 0.6 is 0 Å². The van der Waals surface area contributed by atoms with Crippen LogP contribution in [0.1, 0.15) is 70.1 Å². The molecule has 1 aliphatic carbocycles. The van der Waals surface area contributed by atoms with Crippen LogP contribution in [0.2, 0.25) is 0 Å². The second-order valence-electron chi connectivity index (χ2n) is 6.86. The summed E-state index contributed by atoms with van der Waals surface area (Å²) >= 11 is 0. The van der Waals surface area contributed by atoms with Gasteiger partial charge in [-0.15, -0.1) is 0 Å². The van der Waals surface area contributed by atoms with Gasteiger partial charge in [-0.2, -0.15) is 0 Å². The number of benzene rings is 1.